The van der Waals surface area contributed by atoms with Crippen molar-refractivity contribution in [3.05, 3.63) is 54.1 Å². The fraction of sp³-hybridized carbons (Fsp3) is 0.545. The van der Waals surface area contributed by atoms with Gasteiger partial charge in [-0.15, -0.1) is 24.0 Å². The number of halogens is 1. The number of guanidine groups is 1. The summed E-state index contributed by atoms with van der Waals surface area (Å²) in [5, 5.41) is 6.84. The third-order valence-electron chi connectivity index (χ3n) is 5.35. The molecule has 1 fully saturated rings. The number of benzene rings is 1. The minimum atomic E-state index is 0. The number of likely N-dealkylation sites (tertiary alicyclic amines) is 1. The lowest BCUT2D eigenvalue weighted by atomic mass is 10.2. The van der Waals surface area contributed by atoms with Gasteiger partial charge in [0.15, 0.2) is 5.96 Å². The minimum Gasteiger partial charge on any atom is -0.357 e. The van der Waals surface area contributed by atoms with Gasteiger partial charge in [-0.05, 0) is 38.4 Å². The van der Waals surface area contributed by atoms with E-state index in [-0.39, 0.29) is 24.0 Å². The van der Waals surface area contributed by atoms with Gasteiger partial charge < -0.3 is 15.2 Å². The van der Waals surface area contributed by atoms with Crippen LogP contribution in [0.25, 0.3) is 0 Å². The second-order valence-electron chi connectivity index (χ2n) is 7.28. The van der Waals surface area contributed by atoms with Crippen LogP contribution in [0.1, 0.15) is 38.1 Å². The number of nitrogens with zero attached hydrogens (tertiary/aromatic N) is 4. The molecular formula is C22H35IN6. The molecule has 1 aromatic heterocycles. The first kappa shape index (κ1) is 23.7. The Kier molecular flexibility index (Phi) is 10.5. The molecule has 1 unspecified atom stereocenters. The summed E-state index contributed by atoms with van der Waals surface area (Å²) in [7, 11) is 0. The van der Waals surface area contributed by atoms with E-state index in [1.807, 2.05) is 6.20 Å². The number of rotatable bonds is 9. The molecule has 160 valence electrons. The van der Waals surface area contributed by atoms with Gasteiger partial charge in [-0.2, -0.15) is 0 Å². The fourth-order valence-electron chi connectivity index (χ4n) is 3.84. The molecule has 2 N–H and O–H groups in total. The molecular weight excluding hydrogens is 475 g/mol. The summed E-state index contributed by atoms with van der Waals surface area (Å²) in [6.45, 7) is 10.1. The first-order chi connectivity index (χ1) is 13.8. The van der Waals surface area contributed by atoms with Crippen molar-refractivity contribution >= 4 is 29.9 Å². The Balaban J connectivity index is 0.00000300. The molecule has 0 radical (unpaired) electrons. The van der Waals surface area contributed by atoms with E-state index in [9.17, 15) is 0 Å². The normalized spacial score (nSPS) is 17.2. The minimum absolute atomic E-state index is 0. The lowest BCUT2D eigenvalue weighted by Gasteiger charge is -2.21. The average molecular weight is 510 g/mol. The third-order valence-corrected chi connectivity index (χ3v) is 5.35. The molecule has 6 nitrogen and oxygen atoms in total. The Morgan fingerprint density at radius 2 is 2.03 bits per heavy atom. The largest absolute Gasteiger partial charge is 0.357 e. The lowest BCUT2D eigenvalue weighted by Crippen LogP contribution is -2.40. The molecule has 1 aliphatic rings. The first-order valence-corrected chi connectivity index (χ1v) is 10.6. The molecule has 0 aliphatic carbocycles. The van der Waals surface area contributed by atoms with Crippen LogP contribution in [0, 0.1) is 0 Å². The molecule has 29 heavy (non-hydrogen) atoms. The van der Waals surface area contributed by atoms with E-state index in [4.69, 9.17) is 4.99 Å². The number of imidazole rings is 1. The van der Waals surface area contributed by atoms with E-state index in [0.29, 0.717) is 6.04 Å². The molecule has 0 bridgehead atoms. The zero-order valence-electron chi connectivity index (χ0n) is 17.7. The van der Waals surface area contributed by atoms with E-state index >= 15 is 0 Å². The molecule has 2 aromatic rings. The number of hydrogen-bond acceptors (Lipinski definition) is 3. The Hall–Kier alpha value is -1.61. The molecule has 0 saturated carbocycles. The maximum atomic E-state index is 4.83. The number of aliphatic imine (C=N–C) groups is 1. The second-order valence-corrected chi connectivity index (χ2v) is 7.28. The number of nitrogens with one attached hydrogen (secondary N) is 2. The average Bonchev–Trinajstić information content (AvgIpc) is 3.36. The Morgan fingerprint density at radius 3 is 2.79 bits per heavy atom. The van der Waals surface area contributed by atoms with Crippen LogP contribution in [0.4, 0.5) is 0 Å². The topological polar surface area (TPSA) is 57.5 Å². The predicted octanol–water partition coefficient (Wildman–Crippen LogP) is 3.13. The van der Waals surface area contributed by atoms with Crippen molar-refractivity contribution in [2.45, 2.75) is 45.7 Å². The van der Waals surface area contributed by atoms with Crippen LogP contribution in [-0.4, -0.2) is 59.2 Å². The van der Waals surface area contributed by atoms with Gasteiger partial charge in [0.25, 0.3) is 0 Å². The molecule has 7 heteroatoms. The van der Waals surface area contributed by atoms with Crippen molar-refractivity contribution < 1.29 is 0 Å². The Labute approximate surface area is 192 Å². The standard InChI is InChI=1S/C22H34N6.HI/c1-3-23-22(26-17-20-11-8-15-27(20)4-2)25-13-12-21-24-14-16-28(21)18-19-9-6-5-7-10-19;/h5-7,9-10,14,16,20H,3-4,8,11-13,15,17-18H2,1-2H3,(H2,23,25,26);1H. The lowest BCUT2D eigenvalue weighted by molar-refractivity contribution is 0.273. The summed E-state index contributed by atoms with van der Waals surface area (Å²) in [6, 6.07) is 11.1. The summed E-state index contributed by atoms with van der Waals surface area (Å²) in [6.07, 6.45) is 7.36. The maximum absolute atomic E-state index is 4.83. The molecule has 2 heterocycles. The second kappa shape index (κ2) is 12.8. The molecule has 1 atom stereocenters. The highest BCUT2D eigenvalue weighted by atomic mass is 127. The number of aromatic nitrogens is 2. The summed E-state index contributed by atoms with van der Waals surface area (Å²) < 4.78 is 2.22. The molecule has 1 aromatic carbocycles. The summed E-state index contributed by atoms with van der Waals surface area (Å²) in [4.78, 5) is 11.9. The van der Waals surface area contributed by atoms with Gasteiger partial charge in [0.1, 0.15) is 5.82 Å². The first-order valence-electron chi connectivity index (χ1n) is 10.6. The van der Waals surface area contributed by atoms with Crippen LogP contribution in [0.15, 0.2) is 47.7 Å². The maximum Gasteiger partial charge on any atom is 0.191 e. The van der Waals surface area contributed by atoms with Gasteiger partial charge >= 0.3 is 0 Å². The summed E-state index contributed by atoms with van der Waals surface area (Å²) >= 11 is 0. The number of likely N-dealkylation sites (N-methyl/N-ethyl adjacent to an activating group) is 1. The van der Waals surface area contributed by atoms with Gasteiger partial charge in [0.2, 0.25) is 0 Å². The van der Waals surface area contributed by atoms with Gasteiger partial charge in [-0.25, -0.2) is 4.98 Å². The van der Waals surface area contributed by atoms with Crippen molar-refractivity contribution in [2.24, 2.45) is 4.99 Å². The van der Waals surface area contributed by atoms with E-state index < -0.39 is 0 Å². The highest BCUT2D eigenvalue weighted by Gasteiger charge is 2.22. The van der Waals surface area contributed by atoms with Crippen LogP contribution in [0.2, 0.25) is 0 Å². The molecule has 1 aliphatic heterocycles. The highest BCUT2D eigenvalue weighted by Crippen LogP contribution is 2.16. The van der Waals surface area contributed by atoms with Gasteiger partial charge in [0, 0.05) is 44.5 Å². The van der Waals surface area contributed by atoms with Crippen molar-refractivity contribution in [2.75, 3.05) is 32.7 Å². The van der Waals surface area contributed by atoms with Crippen LogP contribution < -0.4 is 10.6 Å². The van der Waals surface area contributed by atoms with Crippen LogP contribution in [0.3, 0.4) is 0 Å². The monoisotopic (exact) mass is 510 g/mol. The SMILES string of the molecule is CCNC(=NCC1CCCN1CC)NCCc1nccn1Cc1ccccc1.I. The van der Waals surface area contributed by atoms with E-state index in [0.717, 1.165) is 50.9 Å². The van der Waals surface area contributed by atoms with Crippen molar-refractivity contribution in [1.82, 2.24) is 25.1 Å². The summed E-state index contributed by atoms with van der Waals surface area (Å²) in [5.41, 5.74) is 1.29. The van der Waals surface area contributed by atoms with E-state index in [2.05, 4.69) is 75.5 Å². The Bertz CT molecular complexity index is 730. The third kappa shape index (κ3) is 7.29. The molecule has 0 spiro atoms. The van der Waals surface area contributed by atoms with E-state index in [1.165, 1.54) is 24.9 Å². The zero-order valence-corrected chi connectivity index (χ0v) is 20.0. The zero-order chi connectivity index (χ0) is 19.6. The number of hydrogen-bond donors (Lipinski definition) is 2. The molecule has 3 rings (SSSR count). The van der Waals surface area contributed by atoms with Crippen LogP contribution >= 0.6 is 24.0 Å². The molecule has 0 amide bonds. The molecule has 1 saturated heterocycles. The van der Waals surface area contributed by atoms with Crippen LogP contribution in [0.5, 0.6) is 0 Å². The van der Waals surface area contributed by atoms with Crippen molar-refractivity contribution in [3.8, 4) is 0 Å². The smallest absolute Gasteiger partial charge is 0.191 e. The van der Waals surface area contributed by atoms with E-state index in [1.54, 1.807) is 0 Å². The van der Waals surface area contributed by atoms with Gasteiger partial charge in [-0.3, -0.25) is 9.89 Å². The predicted molar refractivity (Wildman–Crippen MR) is 131 cm³/mol. The van der Waals surface area contributed by atoms with Crippen LogP contribution in [-0.2, 0) is 13.0 Å². The summed E-state index contributed by atoms with van der Waals surface area (Å²) in [5.74, 6) is 2.01. The quantitative estimate of drug-likeness (QED) is 0.309. The Morgan fingerprint density at radius 1 is 1.21 bits per heavy atom. The van der Waals surface area contributed by atoms with Gasteiger partial charge in [0.05, 0.1) is 6.54 Å². The highest BCUT2D eigenvalue weighted by molar-refractivity contribution is 14.0. The van der Waals surface area contributed by atoms with Crippen molar-refractivity contribution in [3.63, 3.8) is 0 Å². The fourth-order valence-corrected chi connectivity index (χ4v) is 3.84. The van der Waals surface area contributed by atoms with Gasteiger partial charge in [-0.1, -0.05) is 37.3 Å². The van der Waals surface area contributed by atoms with Crippen molar-refractivity contribution in [1.29, 1.82) is 0 Å².